The van der Waals surface area contributed by atoms with Crippen molar-refractivity contribution < 1.29 is 9.47 Å². The third-order valence-electron chi connectivity index (χ3n) is 2.61. The van der Waals surface area contributed by atoms with Crippen LogP contribution in [0.1, 0.15) is 32.3 Å². The average molecular weight is 237 g/mol. The van der Waals surface area contributed by atoms with Crippen LogP contribution in [0.15, 0.2) is 24.3 Å². The highest BCUT2D eigenvalue weighted by Crippen LogP contribution is 2.11. The van der Waals surface area contributed by atoms with Gasteiger partial charge in [-0.05, 0) is 31.0 Å². The van der Waals surface area contributed by atoms with E-state index >= 15 is 0 Å². The molecule has 0 aliphatic heterocycles. The van der Waals surface area contributed by atoms with E-state index in [1.165, 1.54) is 0 Å². The molecule has 0 aromatic heterocycles. The molecule has 0 aliphatic carbocycles. The second-order valence-electron chi connectivity index (χ2n) is 4.17. The van der Waals surface area contributed by atoms with Crippen molar-refractivity contribution in [3.8, 4) is 5.75 Å². The fraction of sp³-hybridized carbons (Fsp3) is 0.571. The number of nitrogens with two attached hydrogens (primary N) is 1. The molecule has 0 radical (unpaired) electrons. The fourth-order valence-electron chi connectivity index (χ4n) is 1.62. The Bertz CT molecular complexity index is 298. The highest BCUT2D eigenvalue weighted by Gasteiger charge is 2.00. The molecule has 17 heavy (non-hydrogen) atoms. The van der Waals surface area contributed by atoms with Crippen LogP contribution in [-0.2, 0) is 11.3 Å². The summed E-state index contributed by atoms with van der Waals surface area (Å²) in [4.78, 5) is 0. The van der Waals surface area contributed by atoms with Crippen molar-refractivity contribution >= 4 is 0 Å². The standard InChI is InChI=1S/C14H23NO2/c1-3-4-12(2)16-9-10-17-14-7-5-13(11-15)6-8-14/h5-8,12H,3-4,9-11,15H2,1-2H3. The Kier molecular flexibility index (Phi) is 6.67. The molecule has 0 amide bonds. The van der Waals surface area contributed by atoms with Crippen LogP contribution >= 0.6 is 0 Å². The van der Waals surface area contributed by atoms with Crippen LogP contribution in [0.2, 0.25) is 0 Å². The van der Waals surface area contributed by atoms with Crippen molar-refractivity contribution in [1.29, 1.82) is 0 Å². The maximum Gasteiger partial charge on any atom is 0.119 e. The van der Waals surface area contributed by atoms with E-state index in [0.29, 0.717) is 25.9 Å². The van der Waals surface area contributed by atoms with Crippen molar-refractivity contribution in [1.82, 2.24) is 0 Å². The zero-order valence-corrected chi connectivity index (χ0v) is 10.8. The Morgan fingerprint density at radius 1 is 1.18 bits per heavy atom. The van der Waals surface area contributed by atoms with E-state index in [4.69, 9.17) is 15.2 Å². The van der Waals surface area contributed by atoms with Gasteiger partial charge in [-0.15, -0.1) is 0 Å². The van der Waals surface area contributed by atoms with Crippen molar-refractivity contribution in [2.24, 2.45) is 5.73 Å². The van der Waals surface area contributed by atoms with Crippen molar-refractivity contribution in [2.45, 2.75) is 39.3 Å². The molecule has 0 saturated carbocycles. The van der Waals surface area contributed by atoms with Gasteiger partial charge in [0.15, 0.2) is 0 Å². The van der Waals surface area contributed by atoms with E-state index in [0.717, 1.165) is 24.2 Å². The summed E-state index contributed by atoms with van der Waals surface area (Å²) in [7, 11) is 0. The molecule has 0 spiro atoms. The maximum atomic E-state index is 5.60. The van der Waals surface area contributed by atoms with Crippen LogP contribution in [0.3, 0.4) is 0 Å². The molecule has 1 rings (SSSR count). The van der Waals surface area contributed by atoms with Gasteiger partial charge in [0.1, 0.15) is 12.4 Å². The van der Waals surface area contributed by atoms with Crippen molar-refractivity contribution in [3.05, 3.63) is 29.8 Å². The van der Waals surface area contributed by atoms with Gasteiger partial charge in [-0.2, -0.15) is 0 Å². The van der Waals surface area contributed by atoms with Gasteiger partial charge in [-0.3, -0.25) is 0 Å². The molecule has 1 aromatic rings. The normalized spacial score (nSPS) is 12.4. The Hall–Kier alpha value is -1.06. The van der Waals surface area contributed by atoms with Gasteiger partial charge < -0.3 is 15.2 Å². The minimum Gasteiger partial charge on any atom is -0.491 e. The number of benzene rings is 1. The number of hydrogen-bond acceptors (Lipinski definition) is 3. The first-order valence-corrected chi connectivity index (χ1v) is 6.29. The maximum absolute atomic E-state index is 5.60. The minimum atomic E-state index is 0.322. The summed E-state index contributed by atoms with van der Waals surface area (Å²) in [6.45, 7) is 6.06. The van der Waals surface area contributed by atoms with Crippen LogP contribution < -0.4 is 10.5 Å². The molecule has 0 fully saturated rings. The molecule has 1 atom stereocenters. The summed E-state index contributed by atoms with van der Waals surface area (Å²) in [5, 5.41) is 0. The highest BCUT2D eigenvalue weighted by atomic mass is 16.5. The van der Waals surface area contributed by atoms with Crippen LogP contribution in [0.4, 0.5) is 0 Å². The zero-order chi connectivity index (χ0) is 12.5. The van der Waals surface area contributed by atoms with E-state index in [-0.39, 0.29) is 0 Å². The molecule has 1 aromatic carbocycles. The van der Waals surface area contributed by atoms with E-state index in [2.05, 4.69) is 13.8 Å². The van der Waals surface area contributed by atoms with Gasteiger partial charge in [-0.25, -0.2) is 0 Å². The Balaban J connectivity index is 2.17. The van der Waals surface area contributed by atoms with Crippen molar-refractivity contribution in [3.63, 3.8) is 0 Å². The molecule has 0 heterocycles. The van der Waals surface area contributed by atoms with E-state index in [1.54, 1.807) is 0 Å². The lowest BCUT2D eigenvalue weighted by atomic mass is 10.2. The molecule has 0 saturated heterocycles. The largest absolute Gasteiger partial charge is 0.491 e. The van der Waals surface area contributed by atoms with Crippen LogP contribution in [0, 0.1) is 0 Å². The van der Waals surface area contributed by atoms with Gasteiger partial charge in [0, 0.05) is 6.54 Å². The summed E-state index contributed by atoms with van der Waals surface area (Å²) in [6.07, 6.45) is 2.58. The topological polar surface area (TPSA) is 44.5 Å². The predicted octanol–water partition coefficient (Wildman–Crippen LogP) is 2.73. The molecule has 0 bridgehead atoms. The first kappa shape index (κ1) is 14.0. The fourth-order valence-corrected chi connectivity index (χ4v) is 1.62. The van der Waals surface area contributed by atoms with Gasteiger partial charge in [0.05, 0.1) is 12.7 Å². The molecule has 2 N–H and O–H groups in total. The summed E-state index contributed by atoms with van der Waals surface area (Å²) in [6, 6.07) is 7.85. The third kappa shape index (κ3) is 5.71. The first-order chi connectivity index (χ1) is 8.26. The third-order valence-corrected chi connectivity index (χ3v) is 2.61. The lowest BCUT2D eigenvalue weighted by Gasteiger charge is -2.12. The smallest absolute Gasteiger partial charge is 0.119 e. The number of ether oxygens (including phenoxy) is 2. The van der Waals surface area contributed by atoms with Gasteiger partial charge in [-0.1, -0.05) is 25.5 Å². The van der Waals surface area contributed by atoms with Crippen LogP contribution in [-0.4, -0.2) is 19.3 Å². The van der Waals surface area contributed by atoms with Gasteiger partial charge in [0.25, 0.3) is 0 Å². The Labute approximate surface area is 104 Å². The lowest BCUT2D eigenvalue weighted by Crippen LogP contribution is -2.14. The van der Waals surface area contributed by atoms with Gasteiger partial charge >= 0.3 is 0 Å². The molecule has 3 heteroatoms. The average Bonchev–Trinajstić information content (AvgIpc) is 2.36. The molecule has 1 unspecified atom stereocenters. The molecule has 0 aliphatic rings. The molecular formula is C14H23NO2. The zero-order valence-electron chi connectivity index (χ0n) is 10.8. The summed E-state index contributed by atoms with van der Waals surface area (Å²) < 4.78 is 11.2. The SMILES string of the molecule is CCCC(C)OCCOc1ccc(CN)cc1. The summed E-state index contributed by atoms with van der Waals surface area (Å²) in [5.74, 6) is 0.869. The second kappa shape index (κ2) is 8.09. The quantitative estimate of drug-likeness (QED) is 0.707. The van der Waals surface area contributed by atoms with E-state index < -0.39 is 0 Å². The Morgan fingerprint density at radius 3 is 2.47 bits per heavy atom. The van der Waals surface area contributed by atoms with Crippen molar-refractivity contribution in [2.75, 3.05) is 13.2 Å². The summed E-state index contributed by atoms with van der Waals surface area (Å²) in [5.41, 5.74) is 6.64. The van der Waals surface area contributed by atoms with Crippen LogP contribution in [0.5, 0.6) is 5.75 Å². The molecular weight excluding hydrogens is 214 g/mol. The number of rotatable bonds is 8. The van der Waals surface area contributed by atoms with Crippen LogP contribution in [0.25, 0.3) is 0 Å². The highest BCUT2D eigenvalue weighted by molar-refractivity contribution is 5.26. The number of hydrogen-bond donors (Lipinski definition) is 1. The molecule has 3 nitrogen and oxygen atoms in total. The van der Waals surface area contributed by atoms with E-state index in [9.17, 15) is 0 Å². The molecule has 96 valence electrons. The predicted molar refractivity (Wildman–Crippen MR) is 70.2 cm³/mol. The van der Waals surface area contributed by atoms with E-state index in [1.807, 2.05) is 24.3 Å². The summed E-state index contributed by atoms with van der Waals surface area (Å²) >= 11 is 0. The minimum absolute atomic E-state index is 0.322. The first-order valence-electron chi connectivity index (χ1n) is 6.29. The Morgan fingerprint density at radius 2 is 1.88 bits per heavy atom. The second-order valence-corrected chi connectivity index (χ2v) is 4.17. The lowest BCUT2D eigenvalue weighted by molar-refractivity contribution is 0.0395. The van der Waals surface area contributed by atoms with Gasteiger partial charge in [0.2, 0.25) is 0 Å². The monoisotopic (exact) mass is 237 g/mol.